The maximum absolute atomic E-state index is 6.10. The van der Waals surface area contributed by atoms with Gasteiger partial charge in [0.05, 0.1) is 19.0 Å². The number of aromatic nitrogens is 3. The van der Waals surface area contributed by atoms with Crippen LogP contribution in [0, 0.1) is 6.92 Å². The van der Waals surface area contributed by atoms with Crippen LogP contribution >= 0.6 is 11.6 Å². The van der Waals surface area contributed by atoms with Crippen LogP contribution in [-0.4, -0.2) is 22.1 Å². The van der Waals surface area contributed by atoms with Gasteiger partial charge in [-0.25, -0.2) is 4.68 Å². The van der Waals surface area contributed by atoms with Crippen LogP contribution in [0.25, 0.3) is 16.9 Å². The molecule has 0 aliphatic carbocycles. The number of nitrogens with zero attached hydrogens (tertiary/aromatic N) is 3. The zero-order valence-corrected chi connectivity index (χ0v) is 12.5. The maximum Gasteiger partial charge on any atom is 0.144 e. The molecule has 3 aromatic rings. The van der Waals surface area contributed by atoms with Gasteiger partial charge < -0.3 is 4.74 Å². The summed E-state index contributed by atoms with van der Waals surface area (Å²) in [5.74, 6) is 0.693. The summed E-state index contributed by atoms with van der Waals surface area (Å²) in [5.41, 5.74) is 3.87. The highest BCUT2D eigenvalue weighted by molar-refractivity contribution is 6.30. The van der Waals surface area contributed by atoms with E-state index >= 15 is 0 Å². The highest BCUT2D eigenvalue weighted by Gasteiger charge is 2.13. The van der Waals surface area contributed by atoms with Gasteiger partial charge in [-0.3, -0.25) is 0 Å². The summed E-state index contributed by atoms with van der Waals surface area (Å²) < 4.78 is 7.13. The molecule has 0 saturated carbocycles. The summed E-state index contributed by atoms with van der Waals surface area (Å²) in [6, 6.07) is 13.6. The third-order valence-electron chi connectivity index (χ3n) is 3.23. The van der Waals surface area contributed by atoms with Crippen molar-refractivity contribution in [2.75, 3.05) is 7.11 Å². The Kier molecular flexibility index (Phi) is 3.62. The highest BCUT2D eigenvalue weighted by Crippen LogP contribution is 2.30. The van der Waals surface area contributed by atoms with Gasteiger partial charge in [0.1, 0.15) is 11.4 Å². The Morgan fingerprint density at radius 2 is 2.00 bits per heavy atom. The van der Waals surface area contributed by atoms with Crippen molar-refractivity contribution in [3.63, 3.8) is 0 Å². The second-order valence-electron chi connectivity index (χ2n) is 4.72. The molecule has 0 amide bonds. The fraction of sp³-hybridized carbons (Fsp3) is 0.125. The summed E-state index contributed by atoms with van der Waals surface area (Å²) >= 11 is 6.10. The van der Waals surface area contributed by atoms with Crippen molar-refractivity contribution in [2.45, 2.75) is 6.92 Å². The Morgan fingerprint density at radius 3 is 2.76 bits per heavy atom. The van der Waals surface area contributed by atoms with Crippen molar-refractivity contribution in [1.82, 2.24) is 15.0 Å². The lowest BCUT2D eigenvalue weighted by Crippen LogP contribution is -2.02. The smallest absolute Gasteiger partial charge is 0.144 e. The van der Waals surface area contributed by atoms with E-state index in [1.54, 1.807) is 24.1 Å². The normalized spacial score (nSPS) is 10.6. The average Bonchev–Trinajstić information content (AvgIpc) is 2.96. The Morgan fingerprint density at radius 1 is 1.14 bits per heavy atom. The molecule has 0 atom stereocenters. The first-order valence-corrected chi connectivity index (χ1v) is 6.88. The topological polar surface area (TPSA) is 39.9 Å². The van der Waals surface area contributed by atoms with E-state index in [-0.39, 0.29) is 0 Å². The van der Waals surface area contributed by atoms with Gasteiger partial charge in [0, 0.05) is 10.6 Å². The van der Waals surface area contributed by atoms with Gasteiger partial charge in [0.2, 0.25) is 0 Å². The van der Waals surface area contributed by atoms with E-state index < -0.39 is 0 Å². The van der Waals surface area contributed by atoms with Gasteiger partial charge in [-0.2, -0.15) is 0 Å². The van der Waals surface area contributed by atoms with Crippen LogP contribution in [0.3, 0.4) is 0 Å². The molecule has 0 radical (unpaired) electrons. The number of hydrogen-bond acceptors (Lipinski definition) is 3. The van der Waals surface area contributed by atoms with Crippen molar-refractivity contribution in [3.05, 3.63) is 59.2 Å². The third kappa shape index (κ3) is 2.62. The van der Waals surface area contributed by atoms with E-state index in [9.17, 15) is 0 Å². The van der Waals surface area contributed by atoms with E-state index in [1.807, 2.05) is 24.3 Å². The molecule has 4 nitrogen and oxygen atoms in total. The van der Waals surface area contributed by atoms with Crippen LogP contribution in [0.2, 0.25) is 5.02 Å². The van der Waals surface area contributed by atoms with Crippen LogP contribution in [-0.2, 0) is 0 Å². The molecule has 1 heterocycles. The third-order valence-corrected chi connectivity index (χ3v) is 3.47. The molecule has 1 aromatic heterocycles. The Bertz CT molecular complexity index is 783. The molecule has 0 unspecified atom stereocenters. The SMILES string of the molecule is COc1ccc(Cl)cc1-n1nncc1-c1cccc(C)c1. The van der Waals surface area contributed by atoms with Crippen molar-refractivity contribution < 1.29 is 4.74 Å². The second kappa shape index (κ2) is 5.58. The minimum absolute atomic E-state index is 0.622. The van der Waals surface area contributed by atoms with Gasteiger partial charge in [-0.15, -0.1) is 5.10 Å². The summed E-state index contributed by atoms with van der Waals surface area (Å²) in [5, 5.41) is 8.82. The van der Waals surface area contributed by atoms with E-state index in [0.29, 0.717) is 10.8 Å². The zero-order valence-electron chi connectivity index (χ0n) is 11.7. The van der Waals surface area contributed by atoms with Crippen LogP contribution in [0.15, 0.2) is 48.7 Å². The van der Waals surface area contributed by atoms with Gasteiger partial charge >= 0.3 is 0 Å². The Balaban J connectivity index is 2.18. The van der Waals surface area contributed by atoms with E-state index in [4.69, 9.17) is 16.3 Å². The van der Waals surface area contributed by atoms with Crippen molar-refractivity contribution in [3.8, 4) is 22.7 Å². The Labute approximate surface area is 127 Å². The minimum Gasteiger partial charge on any atom is -0.494 e. The maximum atomic E-state index is 6.10. The van der Waals surface area contributed by atoms with E-state index in [0.717, 1.165) is 16.9 Å². The average molecular weight is 300 g/mol. The number of rotatable bonds is 3. The lowest BCUT2D eigenvalue weighted by molar-refractivity contribution is 0.411. The standard InChI is InChI=1S/C16H14ClN3O/c1-11-4-3-5-12(8-11)15-10-18-19-20(15)14-9-13(17)6-7-16(14)21-2/h3-10H,1-2H3. The number of aryl methyl sites for hydroxylation is 1. The molecule has 5 heteroatoms. The monoisotopic (exact) mass is 299 g/mol. The Hall–Kier alpha value is -2.33. The van der Waals surface area contributed by atoms with Crippen LogP contribution < -0.4 is 4.74 Å². The first-order chi connectivity index (χ1) is 10.2. The largest absolute Gasteiger partial charge is 0.494 e. The molecule has 0 fully saturated rings. The molecule has 0 saturated heterocycles. The predicted octanol–water partition coefficient (Wildman–Crippen LogP) is 3.90. The molecular weight excluding hydrogens is 286 g/mol. The fourth-order valence-corrected chi connectivity index (χ4v) is 2.41. The van der Waals surface area contributed by atoms with Gasteiger partial charge in [0.25, 0.3) is 0 Å². The molecule has 21 heavy (non-hydrogen) atoms. The van der Waals surface area contributed by atoms with Crippen molar-refractivity contribution in [2.24, 2.45) is 0 Å². The van der Waals surface area contributed by atoms with Crippen molar-refractivity contribution in [1.29, 1.82) is 0 Å². The highest BCUT2D eigenvalue weighted by atomic mass is 35.5. The minimum atomic E-state index is 0.622. The quantitative estimate of drug-likeness (QED) is 0.736. The van der Waals surface area contributed by atoms with E-state index in [2.05, 4.69) is 29.4 Å². The number of halogens is 1. The number of methoxy groups -OCH3 is 1. The van der Waals surface area contributed by atoms with Crippen LogP contribution in [0.5, 0.6) is 5.75 Å². The number of ether oxygens (including phenoxy) is 1. The molecule has 3 rings (SSSR count). The predicted molar refractivity (Wildman–Crippen MR) is 83.1 cm³/mol. The lowest BCUT2D eigenvalue weighted by atomic mass is 10.1. The van der Waals surface area contributed by atoms with Gasteiger partial charge in [0.15, 0.2) is 0 Å². The molecule has 0 aliphatic heterocycles. The summed E-state index contributed by atoms with van der Waals surface area (Å²) in [6.45, 7) is 2.05. The zero-order chi connectivity index (χ0) is 14.8. The second-order valence-corrected chi connectivity index (χ2v) is 5.15. The summed E-state index contributed by atoms with van der Waals surface area (Å²) in [4.78, 5) is 0. The fourth-order valence-electron chi connectivity index (χ4n) is 2.24. The first kappa shape index (κ1) is 13.6. The first-order valence-electron chi connectivity index (χ1n) is 6.50. The van der Waals surface area contributed by atoms with Crippen LogP contribution in [0.1, 0.15) is 5.56 Å². The lowest BCUT2D eigenvalue weighted by Gasteiger charge is -2.11. The molecule has 2 aromatic carbocycles. The molecule has 106 valence electrons. The molecular formula is C16H14ClN3O. The summed E-state index contributed by atoms with van der Waals surface area (Å²) in [6.07, 6.45) is 1.73. The van der Waals surface area contributed by atoms with Gasteiger partial charge in [-0.05, 0) is 31.2 Å². The number of benzene rings is 2. The summed E-state index contributed by atoms with van der Waals surface area (Å²) in [7, 11) is 1.62. The van der Waals surface area contributed by atoms with Crippen molar-refractivity contribution >= 4 is 11.6 Å². The number of hydrogen-bond donors (Lipinski definition) is 0. The van der Waals surface area contributed by atoms with Gasteiger partial charge in [-0.1, -0.05) is 40.6 Å². The molecule has 0 spiro atoms. The molecule has 0 bridgehead atoms. The molecule has 0 N–H and O–H groups in total. The van der Waals surface area contributed by atoms with Crippen LogP contribution in [0.4, 0.5) is 0 Å². The molecule has 0 aliphatic rings. The van der Waals surface area contributed by atoms with E-state index in [1.165, 1.54) is 5.56 Å².